The first-order valence-corrected chi connectivity index (χ1v) is 6.75. The van der Waals surface area contributed by atoms with Crippen molar-refractivity contribution in [2.24, 2.45) is 16.7 Å². The molecule has 1 heterocycles. The molecule has 0 spiro atoms. The minimum Gasteiger partial charge on any atom is -0.394 e. The van der Waals surface area contributed by atoms with E-state index in [1.807, 2.05) is 4.90 Å². The van der Waals surface area contributed by atoms with Crippen molar-refractivity contribution in [2.45, 2.75) is 53.0 Å². The third-order valence-electron chi connectivity index (χ3n) is 5.39. The zero-order valence-electron chi connectivity index (χ0n) is 11.5. The molecule has 1 N–H and O–H groups in total. The van der Waals surface area contributed by atoms with E-state index in [0.717, 1.165) is 25.8 Å². The lowest BCUT2D eigenvalue weighted by Crippen LogP contribution is -2.47. The Labute approximate surface area is 104 Å². The van der Waals surface area contributed by atoms with Gasteiger partial charge < -0.3 is 10.0 Å². The highest BCUT2D eigenvalue weighted by molar-refractivity contribution is 5.84. The summed E-state index contributed by atoms with van der Waals surface area (Å²) in [6.45, 7) is 9.63. The predicted octanol–water partition coefficient (Wildman–Crippen LogP) is 2.04. The van der Waals surface area contributed by atoms with Gasteiger partial charge >= 0.3 is 0 Å². The Kier molecular flexibility index (Phi) is 3.01. The van der Waals surface area contributed by atoms with Gasteiger partial charge in [-0.2, -0.15) is 0 Å². The van der Waals surface area contributed by atoms with E-state index in [0.29, 0.717) is 0 Å². The Bertz CT molecular complexity index is 308. The summed E-state index contributed by atoms with van der Waals surface area (Å²) in [5, 5.41) is 9.38. The molecule has 17 heavy (non-hydrogen) atoms. The van der Waals surface area contributed by atoms with Gasteiger partial charge in [0, 0.05) is 12.5 Å². The maximum absolute atomic E-state index is 12.6. The van der Waals surface area contributed by atoms with Crippen molar-refractivity contribution < 1.29 is 9.90 Å². The zero-order chi connectivity index (χ0) is 12.8. The Morgan fingerprint density at radius 2 is 1.82 bits per heavy atom. The van der Waals surface area contributed by atoms with Gasteiger partial charge in [-0.3, -0.25) is 4.79 Å². The first-order chi connectivity index (χ1) is 7.84. The van der Waals surface area contributed by atoms with Gasteiger partial charge in [0.2, 0.25) is 5.91 Å². The minimum atomic E-state index is 0.0587. The molecule has 1 saturated carbocycles. The van der Waals surface area contributed by atoms with Crippen LogP contribution in [0.3, 0.4) is 0 Å². The maximum atomic E-state index is 12.6. The highest BCUT2D eigenvalue weighted by Crippen LogP contribution is 2.68. The van der Waals surface area contributed by atoms with Gasteiger partial charge in [-0.1, -0.05) is 27.7 Å². The van der Waals surface area contributed by atoms with Gasteiger partial charge in [-0.05, 0) is 30.1 Å². The molecule has 0 radical (unpaired) electrons. The Morgan fingerprint density at radius 1 is 1.24 bits per heavy atom. The quantitative estimate of drug-likeness (QED) is 0.801. The van der Waals surface area contributed by atoms with Gasteiger partial charge in [0.05, 0.1) is 12.6 Å². The Hall–Kier alpha value is -0.570. The van der Waals surface area contributed by atoms with Crippen LogP contribution in [0, 0.1) is 16.7 Å². The first-order valence-electron chi connectivity index (χ1n) is 6.75. The number of rotatable bonds is 2. The van der Waals surface area contributed by atoms with Crippen LogP contribution in [0.2, 0.25) is 0 Å². The average molecular weight is 239 g/mol. The van der Waals surface area contributed by atoms with E-state index in [-0.39, 0.29) is 35.3 Å². The van der Waals surface area contributed by atoms with Crippen LogP contribution in [0.4, 0.5) is 0 Å². The molecule has 0 aromatic heterocycles. The van der Waals surface area contributed by atoms with Crippen LogP contribution in [-0.2, 0) is 4.79 Å². The molecule has 1 saturated heterocycles. The molecule has 98 valence electrons. The van der Waals surface area contributed by atoms with Crippen LogP contribution < -0.4 is 0 Å². The first kappa shape index (κ1) is 12.9. The number of likely N-dealkylation sites (tertiary alicyclic amines) is 1. The lowest BCUT2D eigenvalue weighted by molar-refractivity contribution is -0.138. The molecular weight excluding hydrogens is 214 g/mol. The molecule has 0 aromatic rings. The van der Waals surface area contributed by atoms with Crippen molar-refractivity contribution in [3.63, 3.8) is 0 Å². The molecule has 2 fully saturated rings. The number of hydrogen-bond acceptors (Lipinski definition) is 2. The Balaban J connectivity index is 2.10. The molecule has 0 bridgehead atoms. The summed E-state index contributed by atoms with van der Waals surface area (Å²) in [5.41, 5.74) is 0.197. The molecule has 1 aliphatic heterocycles. The molecule has 1 aliphatic carbocycles. The Morgan fingerprint density at radius 3 is 2.29 bits per heavy atom. The maximum Gasteiger partial charge on any atom is 0.227 e. The molecule has 2 aliphatic rings. The van der Waals surface area contributed by atoms with E-state index in [4.69, 9.17) is 0 Å². The van der Waals surface area contributed by atoms with Gasteiger partial charge in [-0.25, -0.2) is 0 Å². The lowest BCUT2D eigenvalue weighted by Gasteiger charge is -2.35. The third-order valence-corrected chi connectivity index (χ3v) is 5.39. The number of carbonyl (C=O) groups excluding carboxylic acids is 1. The van der Waals surface area contributed by atoms with E-state index in [9.17, 15) is 9.90 Å². The minimum absolute atomic E-state index is 0.0587. The molecule has 0 aromatic carbocycles. The molecular formula is C14H25NO2. The fourth-order valence-corrected chi connectivity index (χ4v) is 3.46. The van der Waals surface area contributed by atoms with Crippen LogP contribution in [0.25, 0.3) is 0 Å². The van der Waals surface area contributed by atoms with Crippen molar-refractivity contribution in [3.8, 4) is 0 Å². The number of amides is 1. The van der Waals surface area contributed by atoms with Gasteiger partial charge in [0.25, 0.3) is 0 Å². The standard InChI is InChI=1S/C14H25NO2/c1-13(2)11(14(13,3)4)12(17)15-8-6-5-7-10(15)9-16/h10-11,16H,5-9H2,1-4H3. The summed E-state index contributed by atoms with van der Waals surface area (Å²) in [6, 6.07) is 0.0587. The molecule has 1 unspecified atom stereocenters. The summed E-state index contributed by atoms with van der Waals surface area (Å²) < 4.78 is 0. The monoisotopic (exact) mass is 239 g/mol. The fraction of sp³-hybridized carbons (Fsp3) is 0.929. The zero-order valence-corrected chi connectivity index (χ0v) is 11.5. The van der Waals surface area contributed by atoms with Crippen molar-refractivity contribution >= 4 is 5.91 Å². The highest BCUT2D eigenvalue weighted by Gasteiger charge is 2.69. The van der Waals surface area contributed by atoms with Crippen LogP contribution >= 0.6 is 0 Å². The van der Waals surface area contributed by atoms with E-state index >= 15 is 0 Å². The average Bonchev–Trinajstić information content (AvgIpc) is 2.68. The second kappa shape index (κ2) is 3.98. The summed E-state index contributed by atoms with van der Waals surface area (Å²) in [5.74, 6) is 0.390. The smallest absolute Gasteiger partial charge is 0.227 e. The van der Waals surface area contributed by atoms with Gasteiger partial charge in [-0.15, -0.1) is 0 Å². The van der Waals surface area contributed by atoms with Crippen LogP contribution in [0.15, 0.2) is 0 Å². The predicted molar refractivity (Wildman–Crippen MR) is 67.5 cm³/mol. The number of hydrogen-bond donors (Lipinski definition) is 1. The molecule has 3 heteroatoms. The van der Waals surface area contributed by atoms with Crippen molar-refractivity contribution in [1.29, 1.82) is 0 Å². The number of aliphatic hydroxyl groups is 1. The normalized spacial score (nSPS) is 31.4. The third kappa shape index (κ3) is 1.79. The topological polar surface area (TPSA) is 40.5 Å². The van der Waals surface area contributed by atoms with E-state index in [1.165, 1.54) is 0 Å². The van der Waals surface area contributed by atoms with Crippen molar-refractivity contribution in [2.75, 3.05) is 13.2 Å². The molecule has 1 amide bonds. The molecule has 2 rings (SSSR count). The SMILES string of the molecule is CC1(C)C(C(=O)N2CCCCC2CO)C1(C)C. The fourth-order valence-electron chi connectivity index (χ4n) is 3.46. The summed E-state index contributed by atoms with van der Waals surface area (Å²) in [6.07, 6.45) is 3.16. The lowest BCUT2D eigenvalue weighted by atomic mass is 10.0. The molecule has 3 nitrogen and oxygen atoms in total. The summed E-state index contributed by atoms with van der Waals surface area (Å²) in [7, 11) is 0. The van der Waals surface area contributed by atoms with E-state index in [2.05, 4.69) is 27.7 Å². The summed E-state index contributed by atoms with van der Waals surface area (Å²) in [4.78, 5) is 14.5. The second-order valence-corrected chi connectivity index (χ2v) is 6.74. The van der Waals surface area contributed by atoms with E-state index in [1.54, 1.807) is 0 Å². The van der Waals surface area contributed by atoms with E-state index < -0.39 is 0 Å². The molecule has 1 atom stereocenters. The van der Waals surface area contributed by atoms with Crippen LogP contribution in [0.5, 0.6) is 0 Å². The summed E-state index contributed by atoms with van der Waals surface area (Å²) >= 11 is 0. The van der Waals surface area contributed by atoms with Crippen molar-refractivity contribution in [3.05, 3.63) is 0 Å². The van der Waals surface area contributed by atoms with Gasteiger partial charge in [0.15, 0.2) is 0 Å². The highest BCUT2D eigenvalue weighted by atomic mass is 16.3. The van der Waals surface area contributed by atoms with Crippen molar-refractivity contribution in [1.82, 2.24) is 4.90 Å². The number of nitrogens with zero attached hydrogens (tertiary/aromatic N) is 1. The number of aliphatic hydroxyl groups excluding tert-OH is 1. The number of carbonyl (C=O) groups is 1. The number of piperidine rings is 1. The second-order valence-electron chi connectivity index (χ2n) is 6.74. The van der Waals surface area contributed by atoms with Crippen LogP contribution in [-0.4, -0.2) is 35.1 Å². The largest absolute Gasteiger partial charge is 0.394 e. The van der Waals surface area contributed by atoms with Crippen LogP contribution in [0.1, 0.15) is 47.0 Å². The van der Waals surface area contributed by atoms with Gasteiger partial charge in [0.1, 0.15) is 0 Å².